The topological polar surface area (TPSA) is 85.5 Å². The third kappa shape index (κ3) is 3.41. The molecule has 1 saturated heterocycles. The van der Waals surface area contributed by atoms with Crippen LogP contribution in [0.2, 0.25) is 0 Å². The standard InChI is InChI=1S/C17H19N3O3S/c1-23-13-6-4-11(5-7-13)17-19-12(10-24-17)9-15(21)20-8-2-3-14(20)16(18)22/h4-7,10,14H,2-3,8-9H2,1H3,(H2,18,22). The fourth-order valence-electron chi connectivity index (χ4n) is 2.87. The number of methoxy groups -OCH3 is 1. The summed E-state index contributed by atoms with van der Waals surface area (Å²) in [7, 11) is 1.62. The number of ether oxygens (including phenoxy) is 1. The van der Waals surface area contributed by atoms with E-state index >= 15 is 0 Å². The molecule has 0 bridgehead atoms. The first-order chi connectivity index (χ1) is 11.6. The van der Waals surface area contributed by atoms with Gasteiger partial charge in [-0.05, 0) is 37.1 Å². The van der Waals surface area contributed by atoms with E-state index in [0.29, 0.717) is 18.7 Å². The minimum Gasteiger partial charge on any atom is -0.497 e. The van der Waals surface area contributed by atoms with Gasteiger partial charge < -0.3 is 15.4 Å². The summed E-state index contributed by atoms with van der Waals surface area (Å²) in [5.74, 6) is 0.262. The second-order valence-electron chi connectivity index (χ2n) is 5.70. The average molecular weight is 345 g/mol. The molecule has 1 aromatic heterocycles. The van der Waals surface area contributed by atoms with Gasteiger partial charge in [0.1, 0.15) is 16.8 Å². The Hall–Kier alpha value is -2.41. The van der Waals surface area contributed by atoms with Crippen molar-refractivity contribution >= 4 is 23.2 Å². The van der Waals surface area contributed by atoms with Crippen molar-refractivity contribution in [3.63, 3.8) is 0 Å². The Morgan fingerprint density at radius 1 is 1.38 bits per heavy atom. The summed E-state index contributed by atoms with van der Waals surface area (Å²) in [4.78, 5) is 29.9. The molecule has 2 heterocycles. The number of rotatable bonds is 5. The van der Waals surface area contributed by atoms with Gasteiger partial charge in [0.2, 0.25) is 11.8 Å². The molecule has 126 valence electrons. The smallest absolute Gasteiger partial charge is 0.240 e. The van der Waals surface area contributed by atoms with Gasteiger partial charge in [0.25, 0.3) is 0 Å². The molecule has 2 N–H and O–H groups in total. The molecule has 1 unspecified atom stereocenters. The SMILES string of the molecule is COc1ccc(-c2nc(CC(=O)N3CCCC3C(N)=O)cs2)cc1. The van der Waals surface area contributed by atoms with Crippen molar-refractivity contribution in [1.29, 1.82) is 0 Å². The molecular formula is C17H19N3O3S. The van der Waals surface area contributed by atoms with Crippen molar-refractivity contribution in [1.82, 2.24) is 9.88 Å². The molecule has 0 saturated carbocycles. The van der Waals surface area contributed by atoms with Crippen LogP contribution in [0.5, 0.6) is 5.75 Å². The van der Waals surface area contributed by atoms with Gasteiger partial charge in [0.15, 0.2) is 0 Å². The molecule has 1 aliphatic rings. The van der Waals surface area contributed by atoms with Crippen LogP contribution in [0, 0.1) is 0 Å². The van der Waals surface area contributed by atoms with Crippen molar-refractivity contribution in [3.05, 3.63) is 35.3 Å². The fraction of sp³-hybridized carbons (Fsp3) is 0.353. The Morgan fingerprint density at radius 3 is 2.79 bits per heavy atom. The third-order valence-electron chi connectivity index (χ3n) is 4.12. The quantitative estimate of drug-likeness (QED) is 0.896. The number of nitrogens with zero attached hydrogens (tertiary/aromatic N) is 2. The highest BCUT2D eigenvalue weighted by Crippen LogP contribution is 2.26. The number of likely N-dealkylation sites (tertiary alicyclic amines) is 1. The van der Waals surface area contributed by atoms with E-state index < -0.39 is 11.9 Å². The molecule has 1 aliphatic heterocycles. The average Bonchev–Trinajstić information content (AvgIpc) is 3.24. The fourth-order valence-corrected chi connectivity index (χ4v) is 3.70. The van der Waals surface area contributed by atoms with Gasteiger partial charge in [0.05, 0.1) is 19.2 Å². The van der Waals surface area contributed by atoms with Gasteiger partial charge in [-0.15, -0.1) is 11.3 Å². The number of benzene rings is 1. The van der Waals surface area contributed by atoms with E-state index in [1.807, 2.05) is 29.6 Å². The Labute approximate surface area is 144 Å². The molecule has 0 spiro atoms. The third-order valence-corrected chi connectivity index (χ3v) is 5.06. The summed E-state index contributed by atoms with van der Waals surface area (Å²) < 4.78 is 5.14. The number of amides is 2. The van der Waals surface area contributed by atoms with E-state index in [1.165, 1.54) is 11.3 Å². The van der Waals surface area contributed by atoms with Crippen LogP contribution >= 0.6 is 11.3 Å². The molecule has 1 atom stereocenters. The molecule has 2 amide bonds. The summed E-state index contributed by atoms with van der Waals surface area (Å²) in [6, 6.07) is 7.16. The van der Waals surface area contributed by atoms with Crippen molar-refractivity contribution in [2.24, 2.45) is 5.73 Å². The van der Waals surface area contributed by atoms with Crippen molar-refractivity contribution in [2.75, 3.05) is 13.7 Å². The molecule has 0 radical (unpaired) electrons. The Morgan fingerprint density at radius 2 is 2.12 bits per heavy atom. The van der Waals surface area contributed by atoms with Crippen LogP contribution in [0.4, 0.5) is 0 Å². The minimum atomic E-state index is -0.475. The van der Waals surface area contributed by atoms with Gasteiger partial charge in [-0.3, -0.25) is 9.59 Å². The highest BCUT2D eigenvalue weighted by Gasteiger charge is 2.32. The first-order valence-electron chi connectivity index (χ1n) is 7.76. The number of hydrogen-bond acceptors (Lipinski definition) is 5. The number of thiazole rings is 1. The monoisotopic (exact) mass is 345 g/mol. The normalized spacial score (nSPS) is 17.0. The van der Waals surface area contributed by atoms with Crippen molar-refractivity contribution in [2.45, 2.75) is 25.3 Å². The van der Waals surface area contributed by atoms with Gasteiger partial charge in [-0.25, -0.2) is 4.98 Å². The number of primary amides is 1. The number of hydrogen-bond donors (Lipinski definition) is 1. The number of nitrogens with two attached hydrogens (primary N) is 1. The molecule has 1 fully saturated rings. The Kier molecular flexibility index (Phi) is 4.80. The molecular weight excluding hydrogens is 326 g/mol. The van der Waals surface area contributed by atoms with Crippen LogP contribution in [-0.4, -0.2) is 41.4 Å². The van der Waals surface area contributed by atoms with E-state index in [1.54, 1.807) is 12.0 Å². The van der Waals surface area contributed by atoms with E-state index in [9.17, 15) is 9.59 Å². The summed E-state index contributed by atoms with van der Waals surface area (Å²) in [6.45, 7) is 0.585. The van der Waals surface area contributed by atoms with Crippen LogP contribution in [0.3, 0.4) is 0 Å². The minimum absolute atomic E-state index is 0.0946. The molecule has 1 aromatic carbocycles. The molecule has 2 aromatic rings. The Bertz CT molecular complexity index is 742. The highest BCUT2D eigenvalue weighted by molar-refractivity contribution is 7.13. The predicted molar refractivity (Wildman–Crippen MR) is 91.7 cm³/mol. The van der Waals surface area contributed by atoms with Crippen LogP contribution in [-0.2, 0) is 16.0 Å². The summed E-state index contributed by atoms with van der Waals surface area (Å²) in [5, 5.41) is 2.74. The van der Waals surface area contributed by atoms with Gasteiger partial charge in [-0.2, -0.15) is 0 Å². The first-order valence-corrected chi connectivity index (χ1v) is 8.64. The van der Waals surface area contributed by atoms with E-state index in [2.05, 4.69) is 4.98 Å². The maximum absolute atomic E-state index is 12.4. The molecule has 24 heavy (non-hydrogen) atoms. The summed E-state index contributed by atoms with van der Waals surface area (Å²) >= 11 is 1.49. The van der Waals surface area contributed by atoms with Crippen LogP contribution in [0.15, 0.2) is 29.6 Å². The zero-order valence-electron chi connectivity index (χ0n) is 13.4. The van der Waals surface area contributed by atoms with Gasteiger partial charge in [0, 0.05) is 17.5 Å². The maximum Gasteiger partial charge on any atom is 0.240 e. The molecule has 6 nitrogen and oxygen atoms in total. The largest absolute Gasteiger partial charge is 0.497 e. The van der Waals surface area contributed by atoms with Crippen LogP contribution in [0.25, 0.3) is 10.6 Å². The second-order valence-corrected chi connectivity index (χ2v) is 6.55. The number of carbonyl (C=O) groups excluding carboxylic acids is 2. The first kappa shape index (κ1) is 16.4. The van der Waals surface area contributed by atoms with E-state index in [-0.39, 0.29) is 12.3 Å². The lowest BCUT2D eigenvalue weighted by atomic mass is 10.2. The van der Waals surface area contributed by atoms with Crippen LogP contribution < -0.4 is 10.5 Å². The molecule has 3 rings (SSSR count). The van der Waals surface area contributed by atoms with E-state index in [4.69, 9.17) is 10.5 Å². The lowest BCUT2D eigenvalue weighted by molar-refractivity contribution is -0.136. The summed E-state index contributed by atoms with van der Waals surface area (Å²) in [5.41, 5.74) is 7.06. The highest BCUT2D eigenvalue weighted by atomic mass is 32.1. The zero-order valence-corrected chi connectivity index (χ0v) is 14.2. The lowest BCUT2D eigenvalue weighted by Crippen LogP contribution is -2.44. The number of aromatic nitrogens is 1. The maximum atomic E-state index is 12.4. The molecule has 0 aliphatic carbocycles. The van der Waals surface area contributed by atoms with E-state index in [0.717, 1.165) is 22.7 Å². The zero-order chi connectivity index (χ0) is 17.1. The summed E-state index contributed by atoms with van der Waals surface area (Å²) in [6.07, 6.45) is 1.65. The predicted octanol–water partition coefficient (Wildman–Crippen LogP) is 1.84. The van der Waals surface area contributed by atoms with Crippen molar-refractivity contribution < 1.29 is 14.3 Å². The lowest BCUT2D eigenvalue weighted by Gasteiger charge is -2.21. The second kappa shape index (κ2) is 7.00. The Balaban J connectivity index is 1.69. The van der Waals surface area contributed by atoms with Crippen molar-refractivity contribution in [3.8, 4) is 16.3 Å². The number of carbonyl (C=O) groups is 2. The van der Waals surface area contributed by atoms with Gasteiger partial charge in [-0.1, -0.05) is 0 Å². The molecule has 7 heteroatoms. The van der Waals surface area contributed by atoms with Crippen LogP contribution in [0.1, 0.15) is 18.5 Å². The van der Waals surface area contributed by atoms with Gasteiger partial charge >= 0.3 is 0 Å².